The monoisotopic (exact) mass is 244 g/mol. The van der Waals surface area contributed by atoms with E-state index >= 15 is 0 Å². The van der Waals surface area contributed by atoms with Crippen LogP contribution in [0.25, 0.3) is 0 Å². The molecular weight excluding hydrogens is 232 g/mol. The first-order valence-corrected chi connectivity index (χ1v) is 6.19. The molecule has 7 nitrogen and oxygen atoms in total. The summed E-state index contributed by atoms with van der Waals surface area (Å²) in [4.78, 5) is 11.2. The Hall–Kier alpha value is -1.41. The van der Waals surface area contributed by atoms with Crippen molar-refractivity contribution >= 4 is 15.9 Å². The summed E-state index contributed by atoms with van der Waals surface area (Å²) >= 11 is 0. The van der Waals surface area contributed by atoms with Crippen LogP contribution in [0, 0.1) is 0 Å². The predicted molar refractivity (Wildman–Crippen MR) is 55.0 cm³/mol. The van der Waals surface area contributed by atoms with Crippen LogP contribution in [0.5, 0.6) is 0 Å². The van der Waals surface area contributed by atoms with Crippen LogP contribution in [0.2, 0.25) is 0 Å². The maximum absolute atomic E-state index is 12.0. The highest BCUT2D eigenvalue weighted by Crippen LogP contribution is 2.14. The number of rotatable bonds is 2. The van der Waals surface area contributed by atoms with E-state index in [4.69, 9.17) is 0 Å². The number of hydrogen-bond acceptors (Lipinski definition) is 4. The van der Waals surface area contributed by atoms with E-state index in [0.717, 1.165) is 4.31 Å². The van der Waals surface area contributed by atoms with Crippen molar-refractivity contribution in [3.63, 3.8) is 0 Å². The van der Waals surface area contributed by atoms with Crippen LogP contribution in [-0.4, -0.2) is 48.0 Å². The molecule has 88 valence electrons. The Morgan fingerprint density at radius 2 is 2.25 bits per heavy atom. The van der Waals surface area contributed by atoms with Gasteiger partial charge in [-0.15, -0.1) is 0 Å². The first-order valence-electron chi connectivity index (χ1n) is 4.75. The molecule has 2 heterocycles. The number of carbonyl (C=O) groups is 1. The minimum atomic E-state index is -3.58. The first kappa shape index (κ1) is 11.1. The van der Waals surface area contributed by atoms with Crippen molar-refractivity contribution in [2.75, 3.05) is 19.6 Å². The molecule has 1 aromatic heterocycles. The molecule has 2 rings (SSSR count). The molecule has 0 atom stereocenters. The molecule has 1 aromatic rings. The summed E-state index contributed by atoms with van der Waals surface area (Å²) in [5.41, 5.74) is 0. The molecule has 0 saturated carbocycles. The first-order chi connectivity index (χ1) is 7.50. The van der Waals surface area contributed by atoms with Crippen molar-refractivity contribution in [1.29, 1.82) is 0 Å². The van der Waals surface area contributed by atoms with E-state index in [1.165, 1.54) is 17.1 Å². The number of aromatic nitrogens is 2. The number of amides is 1. The minimum Gasteiger partial charge on any atom is -0.354 e. The topological polar surface area (TPSA) is 84.3 Å². The van der Waals surface area contributed by atoms with Crippen molar-refractivity contribution in [3.05, 3.63) is 12.4 Å². The molecular formula is C8H12N4O3S. The fourth-order valence-corrected chi connectivity index (χ4v) is 2.88. The van der Waals surface area contributed by atoms with E-state index in [-0.39, 0.29) is 17.3 Å². The van der Waals surface area contributed by atoms with Gasteiger partial charge in [-0.05, 0) is 0 Å². The average molecular weight is 244 g/mol. The second kappa shape index (κ2) is 3.87. The molecule has 1 fully saturated rings. The zero-order chi connectivity index (χ0) is 11.8. The molecule has 0 radical (unpaired) electrons. The lowest BCUT2D eigenvalue weighted by Gasteiger charge is -2.25. The predicted octanol–water partition coefficient (Wildman–Crippen LogP) is -1.46. The zero-order valence-corrected chi connectivity index (χ0v) is 9.57. The number of carbonyl (C=O) groups excluding carboxylic acids is 1. The Kier molecular flexibility index (Phi) is 2.68. The summed E-state index contributed by atoms with van der Waals surface area (Å²) in [5, 5.41) is 6.38. The Labute approximate surface area is 93.1 Å². The smallest absolute Gasteiger partial charge is 0.246 e. The summed E-state index contributed by atoms with van der Waals surface area (Å²) in [7, 11) is -1.94. The molecule has 1 amide bonds. The van der Waals surface area contributed by atoms with Crippen molar-refractivity contribution in [3.8, 4) is 0 Å². The maximum atomic E-state index is 12.0. The molecule has 0 aromatic carbocycles. The average Bonchev–Trinajstić information content (AvgIpc) is 2.65. The van der Waals surface area contributed by atoms with Gasteiger partial charge in [0.15, 0.2) is 0 Å². The minimum absolute atomic E-state index is 0.115. The quantitative estimate of drug-likeness (QED) is 0.689. The SMILES string of the molecule is Cn1cc(S(=O)(=O)N2CCNC(=O)C2)cn1. The summed E-state index contributed by atoms with van der Waals surface area (Å²) in [6.07, 6.45) is 2.70. The molecule has 1 saturated heterocycles. The molecule has 8 heteroatoms. The van der Waals surface area contributed by atoms with Gasteiger partial charge in [0.25, 0.3) is 0 Å². The van der Waals surface area contributed by atoms with Gasteiger partial charge < -0.3 is 5.32 Å². The molecule has 0 unspecified atom stereocenters. The number of hydrogen-bond donors (Lipinski definition) is 1. The van der Waals surface area contributed by atoms with Crippen LogP contribution in [0.15, 0.2) is 17.3 Å². The molecule has 0 aliphatic carbocycles. The van der Waals surface area contributed by atoms with E-state index in [9.17, 15) is 13.2 Å². The summed E-state index contributed by atoms with van der Waals surface area (Å²) in [6.45, 7) is 0.512. The van der Waals surface area contributed by atoms with Crippen LogP contribution in [0.4, 0.5) is 0 Å². The van der Waals surface area contributed by atoms with Gasteiger partial charge in [0, 0.05) is 26.3 Å². The molecule has 0 bridgehead atoms. The van der Waals surface area contributed by atoms with E-state index in [1.807, 2.05) is 0 Å². The molecule has 0 spiro atoms. The van der Waals surface area contributed by atoms with Crippen LogP contribution in [0.3, 0.4) is 0 Å². The van der Waals surface area contributed by atoms with Gasteiger partial charge in [-0.25, -0.2) is 8.42 Å². The maximum Gasteiger partial charge on any atom is 0.246 e. The van der Waals surface area contributed by atoms with Gasteiger partial charge in [0.1, 0.15) is 4.90 Å². The van der Waals surface area contributed by atoms with Gasteiger partial charge in [0.05, 0.1) is 12.7 Å². The molecule has 1 aliphatic rings. The van der Waals surface area contributed by atoms with Crippen molar-refractivity contribution in [2.45, 2.75) is 4.90 Å². The van der Waals surface area contributed by atoms with Crippen molar-refractivity contribution < 1.29 is 13.2 Å². The van der Waals surface area contributed by atoms with Gasteiger partial charge in [-0.3, -0.25) is 9.48 Å². The van der Waals surface area contributed by atoms with Crippen molar-refractivity contribution in [2.24, 2.45) is 7.05 Å². The third-order valence-corrected chi connectivity index (χ3v) is 4.12. The largest absolute Gasteiger partial charge is 0.354 e. The lowest BCUT2D eigenvalue weighted by molar-refractivity contribution is -0.122. The Bertz CT molecular complexity index is 507. The lowest BCUT2D eigenvalue weighted by atomic mass is 10.4. The highest BCUT2D eigenvalue weighted by Gasteiger charge is 2.29. The molecule has 1 aliphatic heterocycles. The highest BCUT2D eigenvalue weighted by atomic mass is 32.2. The fraction of sp³-hybridized carbons (Fsp3) is 0.500. The van der Waals surface area contributed by atoms with Crippen LogP contribution < -0.4 is 5.32 Å². The van der Waals surface area contributed by atoms with E-state index in [1.54, 1.807) is 7.05 Å². The van der Waals surface area contributed by atoms with Crippen LogP contribution >= 0.6 is 0 Å². The van der Waals surface area contributed by atoms with E-state index in [2.05, 4.69) is 10.4 Å². The second-order valence-corrected chi connectivity index (χ2v) is 5.48. The van der Waals surface area contributed by atoms with Crippen LogP contribution in [-0.2, 0) is 21.9 Å². The summed E-state index contributed by atoms with van der Waals surface area (Å²) < 4.78 is 26.6. The number of aryl methyl sites for hydroxylation is 1. The Balaban J connectivity index is 2.28. The Morgan fingerprint density at radius 3 is 2.81 bits per heavy atom. The van der Waals surface area contributed by atoms with E-state index < -0.39 is 10.0 Å². The summed E-state index contributed by atoms with van der Waals surface area (Å²) in [6, 6.07) is 0. The van der Waals surface area contributed by atoms with Crippen LogP contribution in [0.1, 0.15) is 0 Å². The number of nitrogens with one attached hydrogen (secondary N) is 1. The van der Waals surface area contributed by atoms with Gasteiger partial charge in [0.2, 0.25) is 15.9 Å². The number of piperazine rings is 1. The van der Waals surface area contributed by atoms with E-state index in [0.29, 0.717) is 13.1 Å². The number of nitrogens with zero attached hydrogens (tertiary/aromatic N) is 3. The Morgan fingerprint density at radius 1 is 1.50 bits per heavy atom. The standard InChI is InChI=1S/C8H12N4O3S/c1-11-5-7(4-10-11)16(14,15)12-3-2-9-8(13)6-12/h4-5H,2-3,6H2,1H3,(H,9,13). The lowest BCUT2D eigenvalue weighted by Crippen LogP contribution is -2.49. The molecule has 1 N–H and O–H groups in total. The zero-order valence-electron chi connectivity index (χ0n) is 8.75. The second-order valence-electron chi connectivity index (χ2n) is 3.54. The third-order valence-electron chi connectivity index (χ3n) is 2.32. The van der Waals surface area contributed by atoms with Gasteiger partial charge >= 0.3 is 0 Å². The highest BCUT2D eigenvalue weighted by molar-refractivity contribution is 7.89. The van der Waals surface area contributed by atoms with Crippen molar-refractivity contribution in [1.82, 2.24) is 19.4 Å². The summed E-state index contributed by atoms with van der Waals surface area (Å²) in [5.74, 6) is -0.279. The van der Waals surface area contributed by atoms with Gasteiger partial charge in [-0.1, -0.05) is 0 Å². The fourth-order valence-electron chi connectivity index (χ4n) is 1.50. The van der Waals surface area contributed by atoms with Gasteiger partial charge in [-0.2, -0.15) is 9.40 Å². The third kappa shape index (κ3) is 1.93. The normalized spacial score (nSPS) is 18.4. The number of sulfonamides is 1. The molecule has 16 heavy (non-hydrogen) atoms.